The highest BCUT2D eigenvalue weighted by Crippen LogP contribution is 2.16. The third-order valence-corrected chi connectivity index (χ3v) is 5.08. The molecule has 8 nitrogen and oxygen atoms in total. The second-order valence-corrected chi connectivity index (χ2v) is 7.24. The Hall–Kier alpha value is -3.94. The Morgan fingerprint density at radius 3 is 2.29 bits per heavy atom. The average molecular weight is 417 g/mol. The van der Waals surface area contributed by atoms with Gasteiger partial charge < -0.3 is 10.6 Å². The summed E-state index contributed by atoms with van der Waals surface area (Å²) in [4.78, 5) is 44.9. The predicted octanol–water partition coefficient (Wildman–Crippen LogP) is 1.43. The van der Waals surface area contributed by atoms with Gasteiger partial charge >= 0.3 is 0 Å². The van der Waals surface area contributed by atoms with Gasteiger partial charge in [-0.05, 0) is 49.2 Å². The van der Waals surface area contributed by atoms with Crippen LogP contribution >= 0.6 is 0 Å². The Labute approximate surface area is 179 Å². The van der Waals surface area contributed by atoms with Crippen molar-refractivity contribution < 1.29 is 9.59 Å². The SMILES string of the molecule is CCCc1cc2cccnc2n(N(C(=O)C2=CC=CNC2)C(=O)C2=CC=CNC2)c1=O. The molecule has 0 bridgehead atoms. The molecule has 0 aliphatic carbocycles. The van der Waals surface area contributed by atoms with Crippen LogP contribution < -0.4 is 21.2 Å². The number of nitrogens with zero attached hydrogens (tertiary/aromatic N) is 3. The fourth-order valence-electron chi connectivity index (χ4n) is 3.57. The molecule has 0 saturated carbocycles. The molecule has 4 rings (SSSR count). The molecular weight excluding hydrogens is 394 g/mol. The summed E-state index contributed by atoms with van der Waals surface area (Å²) in [5.41, 5.74) is 1.10. The third-order valence-electron chi connectivity index (χ3n) is 5.08. The van der Waals surface area contributed by atoms with E-state index in [0.29, 0.717) is 28.5 Å². The van der Waals surface area contributed by atoms with Gasteiger partial charge in [-0.3, -0.25) is 14.4 Å². The van der Waals surface area contributed by atoms with Crippen LogP contribution in [-0.4, -0.2) is 34.6 Å². The minimum absolute atomic E-state index is 0.255. The summed E-state index contributed by atoms with van der Waals surface area (Å²) in [6, 6.07) is 5.36. The first-order chi connectivity index (χ1) is 15.1. The number of fused-ring (bicyclic) bond motifs is 1. The number of dihydropyridines is 2. The molecule has 2 aromatic rings. The molecule has 31 heavy (non-hydrogen) atoms. The van der Waals surface area contributed by atoms with Crippen LogP contribution in [0.5, 0.6) is 0 Å². The first-order valence-electron chi connectivity index (χ1n) is 10.2. The van der Waals surface area contributed by atoms with Gasteiger partial charge in [0.2, 0.25) is 0 Å². The molecule has 0 spiro atoms. The van der Waals surface area contributed by atoms with Crippen molar-refractivity contribution >= 4 is 22.8 Å². The van der Waals surface area contributed by atoms with Crippen molar-refractivity contribution in [3.8, 4) is 0 Å². The van der Waals surface area contributed by atoms with Crippen LogP contribution in [0.2, 0.25) is 0 Å². The topological polar surface area (TPSA) is 96.3 Å². The average Bonchev–Trinajstić information content (AvgIpc) is 2.82. The Bertz CT molecular complexity index is 1180. The lowest BCUT2D eigenvalue weighted by Gasteiger charge is -2.27. The minimum Gasteiger partial charge on any atom is -0.387 e. The van der Waals surface area contributed by atoms with Crippen molar-refractivity contribution in [3.05, 3.63) is 88.2 Å². The molecule has 0 atom stereocenters. The number of allylic oxidation sites excluding steroid dienone is 4. The van der Waals surface area contributed by atoms with E-state index in [2.05, 4.69) is 15.6 Å². The molecule has 2 amide bonds. The first-order valence-corrected chi connectivity index (χ1v) is 10.2. The highest BCUT2D eigenvalue weighted by Gasteiger charge is 2.32. The Morgan fingerprint density at radius 1 is 1.10 bits per heavy atom. The number of aryl methyl sites for hydroxylation is 1. The zero-order chi connectivity index (χ0) is 21.8. The van der Waals surface area contributed by atoms with Gasteiger partial charge in [0.05, 0.1) is 0 Å². The van der Waals surface area contributed by atoms with Crippen LogP contribution in [-0.2, 0) is 16.0 Å². The van der Waals surface area contributed by atoms with Crippen LogP contribution in [0.1, 0.15) is 18.9 Å². The van der Waals surface area contributed by atoms with Crippen LogP contribution in [0.25, 0.3) is 11.0 Å². The van der Waals surface area contributed by atoms with Crippen molar-refractivity contribution in [3.63, 3.8) is 0 Å². The number of hydrogen-bond acceptors (Lipinski definition) is 6. The maximum absolute atomic E-state index is 13.6. The van der Waals surface area contributed by atoms with Crippen molar-refractivity contribution in [2.75, 3.05) is 18.1 Å². The molecule has 0 radical (unpaired) electrons. The normalized spacial score (nSPS) is 15.0. The maximum atomic E-state index is 13.6. The van der Waals surface area contributed by atoms with E-state index in [-0.39, 0.29) is 18.7 Å². The minimum atomic E-state index is -0.569. The van der Waals surface area contributed by atoms with E-state index < -0.39 is 17.4 Å². The molecule has 2 aromatic heterocycles. The lowest BCUT2D eigenvalue weighted by molar-refractivity contribution is -0.125. The highest BCUT2D eigenvalue weighted by molar-refractivity contribution is 6.21. The van der Waals surface area contributed by atoms with E-state index in [1.54, 1.807) is 55.0 Å². The van der Waals surface area contributed by atoms with Gasteiger partial charge in [0.1, 0.15) is 0 Å². The van der Waals surface area contributed by atoms with Crippen LogP contribution in [0.3, 0.4) is 0 Å². The molecule has 158 valence electrons. The van der Waals surface area contributed by atoms with E-state index in [1.165, 1.54) is 0 Å². The molecular formula is C23H23N5O3. The number of hydrogen-bond donors (Lipinski definition) is 2. The smallest absolute Gasteiger partial charge is 0.278 e. The van der Waals surface area contributed by atoms with Crippen molar-refractivity contribution in [1.82, 2.24) is 20.3 Å². The zero-order valence-electron chi connectivity index (χ0n) is 17.2. The van der Waals surface area contributed by atoms with Crippen LogP contribution in [0, 0.1) is 0 Å². The molecule has 2 aliphatic heterocycles. The van der Waals surface area contributed by atoms with E-state index in [0.717, 1.165) is 16.1 Å². The quantitative estimate of drug-likeness (QED) is 0.715. The molecule has 8 heteroatoms. The van der Waals surface area contributed by atoms with E-state index >= 15 is 0 Å². The van der Waals surface area contributed by atoms with Gasteiger partial charge in [0.15, 0.2) is 5.65 Å². The number of amides is 2. The maximum Gasteiger partial charge on any atom is 0.278 e. The van der Waals surface area contributed by atoms with Crippen LogP contribution in [0.15, 0.2) is 77.0 Å². The lowest BCUT2D eigenvalue weighted by Crippen LogP contribution is -2.53. The van der Waals surface area contributed by atoms with Gasteiger partial charge in [-0.2, -0.15) is 9.69 Å². The Balaban J connectivity index is 1.96. The Morgan fingerprint density at radius 2 is 1.74 bits per heavy atom. The monoisotopic (exact) mass is 417 g/mol. The second-order valence-electron chi connectivity index (χ2n) is 7.24. The molecule has 0 fully saturated rings. The second kappa shape index (κ2) is 8.83. The van der Waals surface area contributed by atoms with Gasteiger partial charge in [0.25, 0.3) is 17.4 Å². The molecule has 4 heterocycles. The number of rotatable bonds is 5. The van der Waals surface area contributed by atoms with Crippen molar-refractivity contribution in [2.45, 2.75) is 19.8 Å². The fraction of sp³-hybridized carbons (Fsp3) is 0.217. The highest BCUT2D eigenvalue weighted by atomic mass is 16.2. The summed E-state index contributed by atoms with van der Waals surface area (Å²) in [5.74, 6) is -1.14. The van der Waals surface area contributed by atoms with Gasteiger partial charge in [-0.1, -0.05) is 25.5 Å². The number of imide groups is 1. The van der Waals surface area contributed by atoms with Crippen molar-refractivity contribution in [2.24, 2.45) is 0 Å². The van der Waals surface area contributed by atoms with Crippen LogP contribution in [0.4, 0.5) is 0 Å². The zero-order valence-corrected chi connectivity index (χ0v) is 17.2. The third kappa shape index (κ3) is 3.92. The van der Waals surface area contributed by atoms with E-state index in [1.807, 2.05) is 13.0 Å². The first kappa shape index (κ1) is 20.3. The Kier molecular flexibility index (Phi) is 5.79. The summed E-state index contributed by atoms with van der Waals surface area (Å²) in [6.45, 7) is 2.48. The summed E-state index contributed by atoms with van der Waals surface area (Å²) in [7, 11) is 0. The molecule has 0 saturated heterocycles. The van der Waals surface area contributed by atoms with Crippen molar-refractivity contribution in [1.29, 1.82) is 0 Å². The standard InChI is InChI=1S/C23H23N5O3/c1-2-6-17-13-16-7-5-12-26-20(16)27(21(17)29)28(22(30)18-8-3-10-24-14-18)23(31)19-9-4-11-25-15-19/h3-5,7-13,24-25H,2,6,14-15H2,1H3. The molecule has 2 N–H and O–H groups in total. The lowest BCUT2D eigenvalue weighted by atomic mass is 10.1. The van der Waals surface area contributed by atoms with Gasteiger partial charge in [-0.15, -0.1) is 0 Å². The number of carbonyl (C=O) groups is 2. The predicted molar refractivity (Wildman–Crippen MR) is 119 cm³/mol. The summed E-state index contributed by atoms with van der Waals surface area (Å²) < 4.78 is 1.13. The number of nitrogens with one attached hydrogen (secondary N) is 2. The van der Waals surface area contributed by atoms with Gasteiger partial charge in [-0.25, -0.2) is 4.98 Å². The summed E-state index contributed by atoms with van der Waals surface area (Å²) in [5, 5.41) is 7.56. The van der Waals surface area contributed by atoms with E-state index in [4.69, 9.17) is 0 Å². The summed E-state index contributed by atoms with van der Waals surface area (Å²) >= 11 is 0. The summed E-state index contributed by atoms with van der Waals surface area (Å²) in [6.07, 6.45) is 12.9. The molecule has 2 aliphatic rings. The fourth-order valence-corrected chi connectivity index (χ4v) is 3.57. The number of carbonyl (C=O) groups excluding carboxylic acids is 2. The largest absolute Gasteiger partial charge is 0.387 e. The molecule has 0 aromatic carbocycles. The molecule has 0 unspecified atom stereocenters. The number of aromatic nitrogens is 2. The van der Waals surface area contributed by atoms with E-state index in [9.17, 15) is 14.4 Å². The number of pyridine rings is 2. The van der Waals surface area contributed by atoms with Gasteiger partial charge in [0, 0.05) is 41.4 Å².